The molecule has 1 heterocycles. The highest BCUT2D eigenvalue weighted by Gasteiger charge is 2.15. The van der Waals surface area contributed by atoms with Crippen molar-refractivity contribution in [1.82, 2.24) is 0 Å². The van der Waals surface area contributed by atoms with Gasteiger partial charge in [0.15, 0.2) is 0 Å². The first-order valence-corrected chi connectivity index (χ1v) is 7.48. The van der Waals surface area contributed by atoms with Crippen LogP contribution in [0.2, 0.25) is 0 Å². The van der Waals surface area contributed by atoms with Crippen molar-refractivity contribution in [2.45, 2.75) is 6.92 Å². The van der Waals surface area contributed by atoms with Crippen LogP contribution >= 0.6 is 27.3 Å². The minimum Gasteiger partial charge on any atom is -0.465 e. The number of anilines is 1. The van der Waals surface area contributed by atoms with Crippen LogP contribution in [0.5, 0.6) is 0 Å². The summed E-state index contributed by atoms with van der Waals surface area (Å²) >= 11 is 4.58. The number of hydrogen-bond acceptors (Lipinski definition) is 4. The fraction of sp³-hybridized carbons (Fsp3) is 0.143. The number of hydrogen-bond donors (Lipinski definition) is 1. The van der Waals surface area contributed by atoms with E-state index in [1.165, 1.54) is 30.6 Å². The average molecular weight is 372 g/mol. The van der Waals surface area contributed by atoms with Gasteiger partial charge in [-0.3, -0.25) is 4.79 Å². The number of rotatable bonds is 3. The number of nitrogens with one attached hydrogen (secondary N) is 1. The molecule has 0 unspecified atom stereocenters. The second-order valence-electron chi connectivity index (χ2n) is 4.21. The summed E-state index contributed by atoms with van der Waals surface area (Å²) in [6.45, 7) is 1.86. The van der Waals surface area contributed by atoms with Gasteiger partial charge in [0, 0.05) is 0 Å². The maximum atomic E-state index is 13.7. The van der Waals surface area contributed by atoms with Crippen LogP contribution in [0.3, 0.4) is 0 Å². The van der Waals surface area contributed by atoms with E-state index in [9.17, 15) is 14.0 Å². The molecule has 1 amide bonds. The molecule has 0 saturated heterocycles. The third kappa shape index (κ3) is 3.48. The number of amides is 1. The predicted octanol–water partition coefficient (Wildman–Crippen LogP) is 4.00. The summed E-state index contributed by atoms with van der Waals surface area (Å²) in [5.74, 6) is -1.65. The zero-order chi connectivity index (χ0) is 15.6. The summed E-state index contributed by atoms with van der Waals surface area (Å²) in [6.07, 6.45) is 0. The van der Waals surface area contributed by atoms with E-state index in [2.05, 4.69) is 26.0 Å². The molecule has 0 radical (unpaired) electrons. The van der Waals surface area contributed by atoms with Gasteiger partial charge in [-0.25, -0.2) is 9.18 Å². The van der Waals surface area contributed by atoms with Crippen LogP contribution in [0.4, 0.5) is 10.1 Å². The average Bonchev–Trinajstić information content (AvgIpc) is 2.80. The van der Waals surface area contributed by atoms with Gasteiger partial charge in [-0.05, 0) is 52.7 Å². The lowest BCUT2D eigenvalue weighted by molar-refractivity contribution is 0.0600. The van der Waals surface area contributed by atoms with Crippen molar-refractivity contribution < 1.29 is 18.7 Å². The van der Waals surface area contributed by atoms with Gasteiger partial charge in [0.25, 0.3) is 5.91 Å². The summed E-state index contributed by atoms with van der Waals surface area (Å²) in [7, 11) is 1.23. The van der Waals surface area contributed by atoms with E-state index in [0.29, 0.717) is 4.88 Å². The Morgan fingerprint density at radius 3 is 2.62 bits per heavy atom. The van der Waals surface area contributed by atoms with Gasteiger partial charge in [-0.2, -0.15) is 0 Å². The quantitative estimate of drug-likeness (QED) is 0.829. The Labute approximate surface area is 133 Å². The molecule has 0 atom stereocenters. The van der Waals surface area contributed by atoms with Crippen LogP contribution in [0.25, 0.3) is 0 Å². The lowest BCUT2D eigenvalue weighted by Gasteiger charge is -2.07. The maximum Gasteiger partial charge on any atom is 0.337 e. The molecule has 21 heavy (non-hydrogen) atoms. The molecule has 0 bridgehead atoms. The van der Waals surface area contributed by atoms with Gasteiger partial charge in [-0.15, -0.1) is 11.3 Å². The maximum absolute atomic E-state index is 13.7. The standard InChI is InChI=1S/C14H11BrFNO3S/c1-7-5-11(21-12(7)15)13(18)17-10-6-8(14(19)20-2)3-4-9(10)16/h3-6H,1-2H3,(H,17,18). The third-order valence-corrected chi connectivity index (χ3v) is 4.85. The molecular weight excluding hydrogens is 361 g/mol. The van der Waals surface area contributed by atoms with Crippen LogP contribution in [0.15, 0.2) is 28.1 Å². The van der Waals surface area contributed by atoms with Gasteiger partial charge < -0.3 is 10.1 Å². The first-order valence-electron chi connectivity index (χ1n) is 5.87. The number of esters is 1. The molecule has 1 aromatic carbocycles. The smallest absolute Gasteiger partial charge is 0.337 e. The normalized spacial score (nSPS) is 10.3. The van der Waals surface area contributed by atoms with E-state index in [1.807, 2.05) is 6.92 Å². The fourth-order valence-electron chi connectivity index (χ4n) is 1.62. The Morgan fingerprint density at radius 1 is 1.33 bits per heavy atom. The fourth-order valence-corrected chi connectivity index (χ4v) is 3.05. The molecule has 0 saturated carbocycles. The van der Waals surface area contributed by atoms with Gasteiger partial charge in [0.1, 0.15) is 5.82 Å². The number of thiophene rings is 1. The molecule has 110 valence electrons. The van der Waals surface area contributed by atoms with Crippen molar-refractivity contribution in [2.75, 3.05) is 12.4 Å². The Morgan fingerprint density at radius 2 is 2.05 bits per heavy atom. The Balaban J connectivity index is 2.26. The van der Waals surface area contributed by atoms with Crippen LogP contribution < -0.4 is 5.32 Å². The SMILES string of the molecule is COC(=O)c1ccc(F)c(NC(=O)c2cc(C)c(Br)s2)c1. The number of methoxy groups -OCH3 is 1. The Kier molecular flexibility index (Phi) is 4.74. The summed E-state index contributed by atoms with van der Waals surface area (Å²) in [5.41, 5.74) is 1.02. The summed E-state index contributed by atoms with van der Waals surface area (Å²) in [5, 5.41) is 2.45. The first kappa shape index (κ1) is 15.7. The summed E-state index contributed by atoms with van der Waals surface area (Å²) in [4.78, 5) is 23.9. The number of halogens is 2. The zero-order valence-corrected chi connectivity index (χ0v) is 13.6. The second kappa shape index (κ2) is 6.36. The van der Waals surface area contributed by atoms with E-state index in [0.717, 1.165) is 15.4 Å². The van der Waals surface area contributed by atoms with Crippen molar-refractivity contribution in [3.63, 3.8) is 0 Å². The summed E-state index contributed by atoms with van der Waals surface area (Å²) < 4.78 is 19.1. The van der Waals surface area contributed by atoms with Crippen LogP contribution in [0.1, 0.15) is 25.6 Å². The Hall–Kier alpha value is -1.73. The van der Waals surface area contributed by atoms with Crippen molar-refractivity contribution in [1.29, 1.82) is 0 Å². The van der Waals surface area contributed by atoms with Gasteiger partial charge in [-0.1, -0.05) is 0 Å². The number of ether oxygens (including phenoxy) is 1. The molecule has 2 aromatic rings. The number of benzene rings is 1. The van der Waals surface area contributed by atoms with Crippen LogP contribution in [0, 0.1) is 12.7 Å². The molecule has 0 aliphatic carbocycles. The molecule has 0 aliphatic rings. The van der Waals surface area contributed by atoms with Crippen molar-refractivity contribution in [3.05, 3.63) is 49.9 Å². The van der Waals surface area contributed by atoms with E-state index in [4.69, 9.17) is 0 Å². The van der Waals surface area contributed by atoms with Crippen molar-refractivity contribution in [3.8, 4) is 0 Å². The van der Waals surface area contributed by atoms with E-state index in [1.54, 1.807) is 6.07 Å². The highest BCUT2D eigenvalue weighted by Crippen LogP contribution is 2.28. The molecule has 0 fully saturated rings. The van der Waals surface area contributed by atoms with E-state index in [-0.39, 0.29) is 11.3 Å². The lowest BCUT2D eigenvalue weighted by atomic mass is 10.2. The number of carbonyl (C=O) groups excluding carboxylic acids is 2. The molecular formula is C14H11BrFNO3S. The van der Waals surface area contributed by atoms with Crippen molar-refractivity contribution in [2.24, 2.45) is 0 Å². The highest BCUT2D eigenvalue weighted by atomic mass is 79.9. The van der Waals surface area contributed by atoms with Crippen LogP contribution in [-0.2, 0) is 4.74 Å². The first-order chi connectivity index (χ1) is 9.92. The second-order valence-corrected chi connectivity index (χ2v) is 6.58. The monoisotopic (exact) mass is 371 g/mol. The van der Waals surface area contributed by atoms with Crippen molar-refractivity contribution >= 4 is 44.8 Å². The minimum absolute atomic E-state index is 0.0647. The lowest BCUT2D eigenvalue weighted by Crippen LogP contribution is -2.12. The zero-order valence-electron chi connectivity index (χ0n) is 11.2. The van der Waals surface area contributed by atoms with Gasteiger partial charge in [0.2, 0.25) is 0 Å². The molecule has 1 aromatic heterocycles. The van der Waals surface area contributed by atoms with Gasteiger partial charge in [0.05, 0.1) is 27.0 Å². The van der Waals surface area contributed by atoms with E-state index >= 15 is 0 Å². The largest absolute Gasteiger partial charge is 0.465 e. The number of aryl methyl sites for hydroxylation is 1. The molecule has 0 aliphatic heterocycles. The summed E-state index contributed by atoms with van der Waals surface area (Å²) in [6, 6.07) is 5.35. The molecule has 4 nitrogen and oxygen atoms in total. The highest BCUT2D eigenvalue weighted by molar-refractivity contribution is 9.11. The van der Waals surface area contributed by atoms with Crippen LogP contribution in [-0.4, -0.2) is 19.0 Å². The number of carbonyl (C=O) groups is 2. The molecule has 7 heteroatoms. The predicted molar refractivity (Wildman–Crippen MR) is 82.4 cm³/mol. The third-order valence-electron chi connectivity index (χ3n) is 2.72. The van der Waals surface area contributed by atoms with Gasteiger partial charge >= 0.3 is 5.97 Å². The Bertz CT molecular complexity index is 695. The molecule has 2 rings (SSSR count). The minimum atomic E-state index is -0.622. The molecule has 1 N–H and O–H groups in total. The topological polar surface area (TPSA) is 55.4 Å². The van der Waals surface area contributed by atoms with E-state index < -0.39 is 17.7 Å². The molecule has 0 spiro atoms.